The van der Waals surface area contributed by atoms with Crippen LogP contribution in [0.5, 0.6) is 0 Å². The number of halogens is 3. The van der Waals surface area contributed by atoms with E-state index in [0.29, 0.717) is 5.56 Å². The lowest BCUT2D eigenvalue weighted by Gasteiger charge is -2.34. The molecule has 1 aromatic rings. The maximum absolute atomic E-state index is 12.7. The second kappa shape index (κ2) is 5.60. The zero-order chi connectivity index (χ0) is 15.0. The fourth-order valence-electron chi connectivity index (χ4n) is 2.99. The van der Waals surface area contributed by atoms with Gasteiger partial charge in [-0.1, -0.05) is 6.07 Å². The Morgan fingerprint density at radius 1 is 1.35 bits per heavy atom. The molecule has 1 N–H and O–H groups in total. The van der Waals surface area contributed by atoms with Crippen LogP contribution in [0.25, 0.3) is 0 Å². The van der Waals surface area contributed by atoms with Crippen molar-refractivity contribution >= 4 is 11.8 Å². The zero-order valence-electron chi connectivity index (χ0n) is 12.0. The minimum atomic E-state index is -4.27. The third-order valence-electron chi connectivity index (χ3n) is 4.06. The van der Waals surface area contributed by atoms with E-state index >= 15 is 0 Å². The van der Waals surface area contributed by atoms with E-state index in [-0.39, 0.29) is 10.8 Å². The number of alkyl halides is 3. The molecule has 0 bridgehead atoms. The molecule has 2 rings (SSSR count). The number of rotatable bonds is 3. The van der Waals surface area contributed by atoms with Crippen molar-refractivity contribution in [1.29, 1.82) is 0 Å². The van der Waals surface area contributed by atoms with Gasteiger partial charge in [-0.25, -0.2) is 0 Å². The molecule has 1 saturated heterocycles. The van der Waals surface area contributed by atoms with Gasteiger partial charge in [0.15, 0.2) is 0 Å². The van der Waals surface area contributed by atoms with Crippen molar-refractivity contribution in [2.24, 2.45) is 0 Å². The van der Waals surface area contributed by atoms with Crippen LogP contribution in [0, 0.1) is 6.92 Å². The number of benzene rings is 1. The summed E-state index contributed by atoms with van der Waals surface area (Å²) in [5, 5.41) is 3.30. The van der Waals surface area contributed by atoms with Crippen LogP contribution in [-0.2, 0) is 6.18 Å². The van der Waals surface area contributed by atoms with Gasteiger partial charge in [0.1, 0.15) is 0 Å². The lowest BCUT2D eigenvalue weighted by atomic mass is 9.87. The van der Waals surface area contributed by atoms with Crippen molar-refractivity contribution in [2.45, 2.75) is 43.7 Å². The Kier molecular flexibility index (Phi) is 4.40. The van der Waals surface area contributed by atoms with E-state index in [9.17, 15) is 13.2 Å². The highest BCUT2D eigenvalue weighted by Gasteiger charge is 2.39. The predicted molar refractivity (Wildman–Crippen MR) is 78.1 cm³/mol. The third kappa shape index (κ3) is 2.98. The summed E-state index contributed by atoms with van der Waals surface area (Å²) in [6.45, 7) is 3.96. The largest absolute Gasteiger partial charge is 0.416 e. The van der Waals surface area contributed by atoms with Crippen molar-refractivity contribution < 1.29 is 13.2 Å². The smallest absolute Gasteiger partial charge is 0.312 e. The van der Waals surface area contributed by atoms with E-state index < -0.39 is 11.7 Å². The highest BCUT2D eigenvalue weighted by molar-refractivity contribution is 8.00. The number of thioether (sulfide) groups is 1. The van der Waals surface area contributed by atoms with Crippen LogP contribution in [0.15, 0.2) is 18.2 Å². The second-order valence-corrected chi connectivity index (χ2v) is 7.19. The topological polar surface area (TPSA) is 12.0 Å². The molecule has 1 heterocycles. The molecule has 0 radical (unpaired) electrons. The standard InChI is InChI=1S/C15H20F3NS/c1-10-9-11(15(16,17)18)5-6-12(10)13(19-3)14(2)7-4-8-20-14/h5-6,9,13,19H,4,7-8H2,1-3H3. The van der Waals surface area contributed by atoms with E-state index in [0.717, 1.165) is 17.7 Å². The molecular weight excluding hydrogens is 283 g/mol. The number of nitrogens with one attached hydrogen (secondary N) is 1. The molecule has 5 heteroatoms. The van der Waals surface area contributed by atoms with Crippen LogP contribution < -0.4 is 5.32 Å². The Morgan fingerprint density at radius 3 is 2.50 bits per heavy atom. The molecule has 112 valence electrons. The van der Waals surface area contributed by atoms with Crippen LogP contribution in [0.3, 0.4) is 0 Å². The fourth-order valence-corrected chi connectivity index (χ4v) is 4.45. The minimum Gasteiger partial charge on any atom is -0.312 e. The van der Waals surface area contributed by atoms with Gasteiger partial charge in [0, 0.05) is 10.8 Å². The monoisotopic (exact) mass is 303 g/mol. The summed E-state index contributed by atoms with van der Waals surface area (Å²) < 4.78 is 38.3. The van der Waals surface area contributed by atoms with Crippen molar-refractivity contribution in [3.8, 4) is 0 Å². The van der Waals surface area contributed by atoms with Gasteiger partial charge in [0.25, 0.3) is 0 Å². The normalized spacial score (nSPS) is 24.9. The SMILES string of the molecule is CNC(c1ccc(C(F)(F)F)cc1C)C1(C)CCCS1. The molecule has 1 nitrogen and oxygen atoms in total. The Hall–Kier alpha value is -0.680. The van der Waals surface area contributed by atoms with Gasteiger partial charge < -0.3 is 5.32 Å². The van der Waals surface area contributed by atoms with Crippen LogP contribution in [-0.4, -0.2) is 17.5 Å². The molecule has 0 aliphatic carbocycles. The van der Waals surface area contributed by atoms with Crippen LogP contribution in [0.4, 0.5) is 13.2 Å². The van der Waals surface area contributed by atoms with Gasteiger partial charge >= 0.3 is 6.18 Å². The molecule has 1 aromatic carbocycles. The fraction of sp³-hybridized carbons (Fsp3) is 0.600. The predicted octanol–water partition coefficient (Wildman–Crippen LogP) is 4.56. The molecule has 1 aliphatic rings. The van der Waals surface area contributed by atoms with Crippen molar-refractivity contribution in [3.05, 3.63) is 34.9 Å². The van der Waals surface area contributed by atoms with E-state index in [1.807, 2.05) is 18.8 Å². The van der Waals surface area contributed by atoms with Crippen LogP contribution in [0.1, 0.15) is 42.5 Å². The van der Waals surface area contributed by atoms with Crippen molar-refractivity contribution in [1.82, 2.24) is 5.32 Å². The lowest BCUT2D eigenvalue weighted by molar-refractivity contribution is -0.137. The lowest BCUT2D eigenvalue weighted by Crippen LogP contribution is -2.36. The summed E-state index contributed by atoms with van der Waals surface area (Å²) in [6.07, 6.45) is -2.02. The van der Waals surface area contributed by atoms with Crippen molar-refractivity contribution in [2.75, 3.05) is 12.8 Å². The minimum absolute atomic E-state index is 0.0548. The van der Waals surface area contributed by atoms with E-state index in [1.165, 1.54) is 18.6 Å². The number of hydrogen-bond donors (Lipinski definition) is 1. The van der Waals surface area contributed by atoms with Gasteiger partial charge in [-0.3, -0.25) is 0 Å². The molecule has 0 aromatic heterocycles. The van der Waals surface area contributed by atoms with Gasteiger partial charge in [-0.2, -0.15) is 24.9 Å². The number of hydrogen-bond acceptors (Lipinski definition) is 2. The molecule has 1 fully saturated rings. The highest BCUT2D eigenvalue weighted by Crippen LogP contribution is 2.47. The van der Waals surface area contributed by atoms with E-state index in [4.69, 9.17) is 0 Å². The summed E-state index contributed by atoms with van der Waals surface area (Å²) in [6, 6.07) is 4.15. The molecule has 2 unspecified atom stereocenters. The molecular formula is C15H20F3NS. The van der Waals surface area contributed by atoms with Gasteiger partial charge in [0.2, 0.25) is 0 Å². The maximum Gasteiger partial charge on any atom is 0.416 e. The first-order valence-corrected chi connectivity index (χ1v) is 7.75. The average molecular weight is 303 g/mol. The molecule has 2 atom stereocenters. The van der Waals surface area contributed by atoms with Gasteiger partial charge in [-0.05, 0) is 62.7 Å². The summed E-state index contributed by atoms with van der Waals surface area (Å²) in [5.41, 5.74) is 1.10. The molecule has 0 spiro atoms. The van der Waals surface area contributed by atoms with Crippen LogP contribution >= 0.6 is 11.8 Å². The number of aryl methyl sites for hydroxylation is 1. The summed E-state index contributed by atoms with van der Waals surface area (Å²) in [7, 11) is 1.88. The molecule has 0 amide bonds. The Morgan fingerprint density at radius 2 is 2.05 bits per heavy atom. The summed E-state index contributed by atoms with van der Waals surface area (Å²) >= 11 is 1.91. The summed E-state index contributed by atoms with van der Waals surface area (Å²) in [5.74, 6) is 1.12. The second-order valence-electron chi connectivity index (χ2n) is 5.56. The molecule has 20 heavy (non-hydrogen) atoms. The van der Waals surface area contributed by atoms with E-state index in [1.54, 1.807) is 13.0 Å². The molecule has 0 saturated carbocycles. The first-order chi connectivity index (χ1) is 9.28. The zero-order valence-corrected chi connectivity index (χ0v) is 12.8. The first kappa shape index (κ1) is 15.7. The summed E-state index contributed by atoms with van der Waals surface area (Å²) in [4.78, 5) is 0. The quantitative estimate of drug-likeness (QED) is 0.878. The van der Waals surface area contributed by atoms with Crippen molar-refractivity contribution in [3.63, 3.8) is 0 Å². The highest BCUT2D eigenvalue weighted by atomic mass is 32.2. The first-order valence-electron chi connectivity index (χ1n) is 6.77. The average Bonchev–Trinajstić information content (AvgIpc) is 2.78. The van der Waals surface area contributed by atoms with E-state index in [2.05, 4.69) is 12.2 Å². The molecule has 1 aliphatic heterocycles. The maximum atomic E-state index is 12.7. The third-order valence-corrected chi connectivity index (χ3v) is 5.65. The van der Waals surface area contributed by atoms with Crippen LogP contribution in [0.2, 0.25) is 0 Å². The van der Waals surface area contributed by atoms with Gasteiger partial charge in [-0.15, -0.1) is 0 Å². The van der Waals surface area contributed by atoms with Gasteiger partial charge in [0.05, 0.1) is 5.56 Å². The Balaban J connectivity index is 2.36. The Labute approximate surface area is 122 Å². The Bertz CT molecular complexity index is 478.